The number of benzene rings is 1. The van der Waals surface area contributed by atoms with Gasteiger partial charge in [0, 0.05) is 25.7 Å². The minimum Gasteiger partial charge on any atom is -0.332 e. The molecule has 162 valence electrons. The zero-order valence-electron chi connectivity index (χ0n) is 18.0. The van der Waals surface area contributed by atoms with Gasteiger partial charge in [-0.25, -0.2) is 4.98 Å². The van der Waals surface area contributed by atoms with Crippen molar-refractivity contribution >= 4 is 39.1 Å². The minimum atomic E-state index is -0.279. The van der Waals surface area contributed by atoms with Crippen molar-refractivity contribution in [3.05, 3.63) is 56.4 Å². The van der Waals surface area contributed by atoms with Gasteiger partial charge in [0.15, 0.2) is 0 Å². The summed E-state index contributed by atoms with van der Waals surface area (Å²) in [5.74, 6) is 0.253. The number of amides is 2. The predicted molar refractivity (Wildman–Crippen MR) is 123 cm³/mol. The van der Waals surface area contributed by atoms with Gasteiger partial charge in [0.2, 0.25) is 5.91 Å². The monoisotopic (exact) mass is 438 g/mol. The molecule has 0 atom stereocenters. The number of anilines is 1. The van der Waals surface area contributed by atoms with Gasteiger partial charge in [-0.15, -0.1) is 11.3 Å². The number of rotatable bonds is 4. The normalized spacial score (nSPS) is 13.5. The number of aromatic nitrogens is 2. The molecule has 0 spiro atoms. The van der Waals surface area contributed by atoms with Crippen molar-refractivity contribution < 1.29 is 9.59 Å². The second kappa shape index (κ2) is 8.63. The highest BCUT2D eigenvalue weighted by Crippen LogP contribution is 2.29. The Balaban J connectivity index is 1.56. The van der Waals surface area contributed by atoms with Gasteiger partial charge in [-0.3, -0.25) is 19.0 Å². The lowest BCUT2D eigenvalue weighted by Crippen LogP contribution is -2.34. The van der Waals surface area contributed by atoms with Gasteiger partial charge >= 0.3 is 0 Å². The highest BCUT2D eigenvalue weighted by molar-refractivity contribution is 7.20. The molecule has 0 aliphatic carbocycles. The van der Waals surface area contributed by atoms with Gasteiger partial charge in [-0.2, -0.15) is 0 Å². The predicted octanol–water partition coefficient (Wildman–Crippen LogP) is 3.51. The number of carbonyl (C=O) groups excluding carboxylic acids is 2. The lowest BCUT2D eigenvalue weighted by Gasteiger charge is -2.16. The Kier molecular flexibility index (Phi) is 5.91. The summed E-state index contributed by atoms with van der Waals surface area (Å²) in [4.78, 5) is 45.7. The topological polar surface area (TPSA) is 84.3 Å². The fourth-order valence-electron chi connectivity index (χ4n) is 3.91. The molecule has 1 aliphatic heterocycles. The van der Waals surface area contributed by atoms with E-state index in [1.54, 1.807) is 18.5 Å². The van der Waals surface area contributed by atoms with E-state index in [4.69, 9.17) is 4.98 Å². The molecule has 1 N–H and O–H groups in total. The molecular weight excluding hydrogens is 412 g/mol. The number of nitrogens with zero attached hydrogens (tertiary/aromatic N) is 3. The van der Waals surface area contributed by atoms with E-state index in [9.17, 15) is 14.4 Å². The van der Waals surface area contributed by atoms with Crippen LogP contribution in [0.15, 0.2) is 29.1 Å². The Morgan fingerprint density at radius 1 is 1.16 bits per heavy atom. The van der Waals surface area contributed by atoms with Crippen LogP contribution in [0, 0.1) is 13.8 Å². The molecule has 0 unspecified atom stereocenters. The van der Waals surface area contributed by atoms with Gasteiger partial charge in [-0.05, 0) is 44.4 Å². The van der Waals surface area contributed by atoms with E-state index in [1.807, 2.05) is 31.2 Å². The molecule has 4 rings (SSSR count). The summed E-state index contributed by atoms with van der Waals surface area (Å²) in [6.45, 7) is 4.36. The second-order valence-electron chi connectivity index (χ2n) is 8.11. The molecule has 3 aromatic rings. The number of nitrogens with one attached hydrogen (secondary N) is 1. The molecule has 0 bridgehead atoms. The summed E-state index contributed by atoms with van der Waals surface area (Å²) in [6.07, 6.45) is 3.86. The summed E-state index contributed by atoms with van der Waals surface area (Å²) in [5.41, 5.74) is 2.38. The molecule has 0 saturated carbocycles. The highest BCUT2D eigenvalue weighted by atomic mass is 32.1. The Labute approximate surface area is 184 Å². The Morgan fingerprint density at radius 2 is 1.90 bits per heavy atom. The quantitative estimate of drug-likeness (QED) is 0.676. The van der Waals surface area contributed by atoms with E-state index in [-0.39, 0.29) is 23.9 Å². The fourth-order valence-corrected chi connectivity index (χ4v) is 5.10. The van der Waals surface area contributed by atoms with Crippen molar-refractivity contribution in [2.75, 3.05) is 18.9 Å². The molecule has 2 aromatic heterocycles. The highest BCUT2D eigenvalue weighted by Gasteiger charge is 2.24. The SMILES string of the molecule is Cc1ccc(NC(=O)CN(C)C(=O)c2sc3nc4n(c(=O)c3c2C)CCCCC4)cc1. The first-order valence-corrected chi connectivity index (χ1v) is 11.3. The number of carbonyl (C=O) groups is 2. The molecule has 8 heteroatoms. The lowest BCUT2D eigenvalue weighted by atomic mass is 10.2. The van der Waals surface area contributed by atoms with Gasteiger partial charge in [0.25, 0.3) is 11.5 Å². The summed E-state index contributed by atoms with van der Waals surface area (Å²) in [6, 6.07) is 7.49. The number of likely N-dealkylation sites (N-methyl/N-ethyl adjacent to an activating group) is 1. The molecular formula is C23H26N4O3S. The first-order valence-electron chi connectivity index (χ1n) is 10.5. The van der Waals surface area contributed by atoms with Crippen molar-refractivity contribution in [1.82, 2.24) is 14.5 Å². The summed E-state index contributed by atoms with van der Waals surface area (Å²) >= 11 is 1.24. The molecule has 2 amide bonds. The van der Waals surface area contributed by atoms with Crippen molar-refractivity contribution in [1.29, 1.82) is 0 Å². The maximum atomic E-state index is 13.1. The Morgan fingerprint density at radius 3 is 2.65 bits per heavy atom. The second-order valence-corrected chi connectivity index (χ2v) is 9.11. The first kappa shape index (κ1) is 21.2. The average molecular weight is 439 g/mol. The number of hydrogen-bond donors (Lipinski definition) is 1. The van der Waals surface area contributed by atoms with Crippen molar-refractivity contribution in [2.24, 2.45) is 0 Å². The van der Waals surface area contributed by atoms with E-state index in [0.717, 1.165) is 37.1 Å². The van der Waals surface area contributed by atoms with Gasteiger partial charge < -0.3 is 10.2 Å². The van der Waals surface area contributed by atoms with Crippen LogP contribution in [-0.4, -0.2) is 39.9 Å². The number of hydrogen-bond acceptors (Lipinski definition) is 5. The van der Waals surface area contributed by atoms with Crippen LogP contribution < -0.4 is 10.9 Å². The van der Waals surface area contributed by atoms with Crippen LogP contribution >= 0.6 is 11.3 Å². The maximum absolute atomic E-state index is 13.1. The van der Waals surface area contributed by atoms with Crippen LogP contribution in [0.2, 0.25) is 0 Å². The molecule has 31 heavy (non-hydrogen) atoms. The van der Waals surface area contributed by atoms with Crippen molar-refractivity contribution in [3.8, 4) is 0 Å². The van der Waals surface area contributed by atoms with Crippen LogP contribution in [0.1, 0.15) is 45.9 Å². The van der Waals surface area contributed by atoms with Crippen LogP contribution in [0.3, 0.4) is 0 Å². The van der Waals surface area contributed by atoms with Crippen LogP contribution in [0.25, 0.3) is 10.2 Å². The maximum Gasteiger partial charge on any atom is 0.264 e. The van der Waals surface area contributed by atoms with E-state index in [0.29, 0.717) is 32.9 Å². The van der Waals surface area contributed by atoms with Crippen LogP contribution in [0.5, 0.6) is 0 Å². The van der Waals surface area contributed by atoms with Crippen molar-refractivity contribution in [2.45, 2.75) is 46.1 Å². The van der Waals surface area contributed by atoms with E-state index >= 15 is 0 Å². The molecule has 0 fully saturated rings. The number of thiophene rings is 1. The summed E-state index contributed by atoms with van der Waals surface area (Å²) in [7, 11) is 1.59. The van der Waals surface area contributed by atoms with E-state index in [2.05, 4.69) is 5.32 Å². The molecule has 3 heterocycles. The first-order chi connectivity index (χ1) is 14.8. The van der Waals surface area contributed by atoms with Gasteiger partial charge in [-0.1, -0.05) is 24.1 Å². The van der Waals surface area contributed by atoms with Gasteiger partial charge in [0.05, 0.1) is 16.8 Å². The average Bonchev–Trinajstić information content (AvgIpc) is 2.90. The Hall–Kier alpha value is -3.00. The summed E-state index contributed by atoms with van der Waals surface area (Å²) in [5, 5.41) is 3.33. The molecule has 1 aromatic carbocycles. The largest absolute Gasteiger partial charge is 0.332 e. The third kappa shape index (κ3) is 4.25. The minimum absolute atomic E-state index is 0.0607. The Bertz CT molecular complexity index is 1210. The number of aryl methyl sites for hydroxylation is 3. The molecule has 1 aliphatic rings. The van der Waals surface area contributed by atoms with Crippen LogP contribution in [-0.2, 0) is 17.8 Å². The standard InChI is InChI=1S/C23H26N4O3S/c1-14-8-10-16(11-9-14)24-18(28)13-26(3)23(30)20-15(2)19-21(31-20)25-17-7-5-4-6-12-27(17)22(19)29/h8-11H,4-7,12-13H2,1-3H3,(H,24,28). The van der Waals surface area contributed by atoms with E-state index in [1.165, 1.54) is 16.2 Å². The van der Waals surface area contributed by atoms with Crippen molar-refractivity contribution in [3.63, 3.8) is 0 Å². The third-order valence-corrected chi connectivity index (χ3v) is 6.84. The zero-order chi connectivity index (χ0) is 22.1. The number of fused-ring (bicyclic) bond motifs is 2. The third-order valence-electron chi connectivity index (χ3n) is 5.67. The van der Waals surface area contributed by atoms with Crippen LogP contribution in [0.4, 0.5) is 5.69 Å². The van der Waals surface area contributed by atoms with Gasteiger partial charge in [0.1, 0.15) is 10.7 Å². The van der Waals surface area contributed by atoms with E-state index < -0.39 is 0 Å². The molecule has 0 saturated heterocycles. The fraction of sp³-hybridized carbons (Fsp3) is 0.391. The molecule has 0 radical (unpaired) electrons. The zero-order valence-corrected chi connectivity index (χ0v) is 18.8. The lowest BCUT2D eigenvalue weighted by molar-refractivity contribution is -0.116. The summed E-state index contributed by atoms with van der Waals surface area (Å²) < 4.78 is 1.77. The smallest absolute Gasteiger partial charge is 0.264 e. The molecule has 7 nitrogen and oxygen atoms in total.